The van der Waals surface area contributed by atoms with E-state index in [1.54, 1.807) is 13.8 Å². The Bertz CT molecular complexity index is 565. The molecular formula is C15H19N3O3. The van der Waals surface area contributed by atoms with E-state index in [-0.39, 0.29) is 12.3 Å². The summed E-state index contributed by atoms with van der Waals surface area (Å²) in [5.41, 5.74) is 2.04. The van der Waals surface area contributed by atoms with Gasteiger partial charge in [-0.1, -0.05) is 18.2 Å². The third-order valence-corrected chi connectivity index (χ3v) is 2.53. The number of hydrogen-bond acceptors (Lipinski definition) is 5. The molecule has 0 heterocycles. The average Bonchev–Trinajstić information content (AvgIpc) is 2.43. The molecule has 0 bridgehead atoms. The van der Waals surface area contributed by atoms with Gasteiger partial charge in [0.05, 0.1) is 11.4 Å². The van der Waals surface area contributed by atoms with Crippen molar-refractivity contribution < 1.29 is 14.3 Å². The standard InChI is InChI=1S/C15H19N3O3/c1-10(16)15(18-14(20)9-21-12(3)19)11(2)17-13-7-5-4-6-8-13/h4-8,16-17H,9H2,1-3H3,(H,18,20)/b15-11+,16-10?. The zero-order valence-electron chi connectivity index (χ0n) is 12.3. The van der Waals surface area contributed by atoms with Gasteiger partial charge in [0.25, 0.3) is 5.91 Å². The molecule has 6 heteroatoms. The normalized spacial score (nSPS) is 11.2. The van der Waals surface area contributed by atoms with E-state index in [0.717, 1.165) is 5.69 Å². The number of esters is 1. The van der Waals surface area contributed by atoms with Crippen molar-refractivity contribution in [2.75, 3.05) is 11.9 Å². The van der Waals surface area contributed by atoms with Crippen LogP contribution in [-0.4, -0.2) is 24.2 Å². The lowest BCUT2D eigenvalue weighted by molar-refractivity contribution is -0.146. The molecule has 6 nitrogen and oxygen atoms in total. The molecule has 21 heavy (non-hydrogen) atoms. The number of ether oxygens (including phenoxy) is 1. The minimum absolute atomic E-state index is 0.201. The van der Waals surface area contributed by atoms with Gasteiger partial charge in [0.15, 0.2) is 6.61 Å². The highest BCUT2D eigenvalue weighted by Gasteiger charge is 2.11. The first kappa shape index (κ1) is 16.4. The molecule has 0 saturated heterocycles. The quantitative estimate of drug-likeness (QED) is 0.552. The van der Waals surface area contributed by atoms with Crippen molar-refractivity contribution in [3.8, 4) is 0 Å². The molecule has 0 spiro atoms. The van der Waals surface area contributed by atoms with Crippen molar-refractivity contribution in [1.29, 1.82) is 5.41 Å². The molecule has 0 aromatic heterocycles. The minimum atomic E-state index is -0.526. The average molecular weight is 289 g/mol. The van der Waals surface area contributed by atoms with Gasteiger partial charge in [0.1, 0.15) is 0 Å². The van der Waals surface area contributed by atoms with Crippen LogP contribution in [0.2, 0.25) is 0 Å². The van der Waals surface area contributed by atoms with Crippen molar-refractivity contribution in [3.05, 3.63) is 41.7 Å². The second kappa shape index (κ2) is 7.84. The van der Waals surface area contributed by atoms with Gasteiger partial charge in [-0.2, -0.15) is 0 Å². The third kappa shape index (κ3) is 5.90. The second-order valence-corrected chi connectivity index (χ2v) is 4.44. The Labute approximate surface area is 123 Å². The lowest BCUT2D eigenvalue weighted by atomic mass is 10.2. The van der Waals surface area contributed by atoms with E-state index in [1.807, 2.05) is 30.3 Å². The van der Waals surface area contributed by atoms with Crippen LogP contribution in [0.4, 0.5) is 5.69 Å². The highest BCUT2D eigenvalue weighted by molar-refractivity contribution is 6.00. The summed E-state index contributed by atoms with van der Waals surface area (Å²) in [5.74, 6) is -1.01. The Kier molecular flexibility index (Phi) is 6.13. The van der Waals surface area contributed by atoms with Gasteiger partial charge in [0, 0.05) is 18.3 Å². The van der Waals surface area contributed by atoms with E-state index in [9.17, 15) is 9.59 Å². The van der Waals surface area contributed by atoms with Crippen LogP contribution in [-0.2, 0) is 14.3 Å². The molecule has 1 aromatic carbocycles. The fourth-order valence-electron chi connectivity index (χ4n) is 1.61. The number of amides is 1. The first-order valence-corrected chi connectivity index (χ1v) is 6.42. The summed E-state index contributed by atoms with van der Waals surface area (Å²) in [6.45, 7) is 4.18. The number of carbonyl (C=O) groups is 2. The highest BCUT2D eigenvalue weighted by atomic mass is 16.5. The Morgan fingerprint density at radius 1 is 1.14 bits per heavy atom. The number of nitrogens with one attached hydrogen (secondary N) is 3. The van der Waals surface area contributed by atoms with Crippen molar-refractivity contribution >= 4 is 23.3 Å². The summed E-state index contributed by atoms with van der Waals surface area (Å²) in [6, 6.07) is 9.41. The van der Waals surface area contributed by atoms with E-state index in [1.165, 1.54) is 6.92 Å². The van der Waals surface area contributed by atoms with Gasteiger partial charge in [-0.05, 0) is 26.0 Å². The van der Waals surface area contributed by atoms with E-state index >= 15 is 0 Å². The summed E-state index contributed by atoms with van der Waals surface area (Å²) in [5, 5.41) is 13.4. The number of para-hydroxylation sites is 1. The molecular weight excluding hydrogens is 270 g/mol. The maximum atomic E-state index is 11.7. The molecule has 0 aliphatic rings. The lowest BCUT2D eigenvalue weighted by Gasteiger charge is -2.14. The van der Waals surface area contributed by atoms with Crippen LogP contribution in [0.1, 0.15) is 20.8 Å². The molecule has 0 fully saturated rings. The van der Waals surface area contributed by atoms with Crippen LogP contribution in [0, 0.1) is 5.41 Å². The molecule has 0 aliphatic heterocycles. The number of carbonyl (C=O) groups excluding carboxylic acids is 2. The summed E-state index contributed by atoms with van der Waals surface area (Å²) >= 11 is 0. The highest BCUT2D eigenvalue weighted by Crippen LogP contribution is 2.11. The first-order chi connectivity index (χ1) is 9.90. The monoisotopic (exact) mass is 289 g/mol. The fraction of sp³-hybridized carbons (Fsp3) is 0.267. The maximum Gasteiger partial charge on any atom is 0.303 e. The zero-order chi connectivity index (χ0) is 15.8. The maximum absolute atomic E-state index is 11.7. The summed E-state index contributed by atoms with van der Waals surface area (Å²) in [7, 11) is 0. The Hall–Kier alpha value is -2.63. The molecule has 0 saturated carbocycles. The summed E-state index contributed by atoms with van der Waals surface area (Å²) in [4.78, 5) is 22.3. The van der Waals surface area contributed by atoms with Crippen molar-refractivity contribution in [3.63, 3.8) is 0 Å². The van der Waals surface area contributed by atoms with Gasteiger partial charge in [-0.3, -0.25) is 9.59 Å². The molecule has 1 aromatic rings. The fourth-order valence-corrected chi connectivity index (χ4v) is 1.61. The van der Waals surface area contributed by atoms with Gasteiger partial charge >= 0.3 is 5.97 Å². The van der Waals surface area contributed by atoms with Crippen LogP contribution in [0.5, 0.6) is 0 Å². The van der Waals surface area contributed by atoms with Crippen molar-refractivity contribution in [2.45, 2.75) is 20.8 Å². The Morgan fingerprint density at radius 2 is 1.76 bits per heavy atom. The van der Waals surface area contributed by atoms with Crippen LogP contribution in [0.3, 0.4) is 0 Å². The van der Waals surface area contributed by atoms with E-state index < -0.39 is 11.9 Å². The number of allylic oxidation sites excluding steroid dienone is 2. The molecule has 0 unspecified atom stereocenters. The van der Waals surface area contributed by atoms with E-state index in [2.05, 4.69) is 15.4 Å². The van der Waals surface area contributed by atoms with Gasteiger partial charge in [-0.25, -0.2) is 0 Å². The zero-order valence-corrected chi connectivity index (χ0v) is 12.3. The molecule has 0 radical (unpaired) electrons. The molecule has 1 amide bonds. The SMILES string of the molecule is CC(=N)/C(NC(=O)COC(C)=O)=C(/C)Nc1ccccc1. The van der Waals surface area contributed by atoms with Crippen molar-refractivity contribution in [2.24, 2.45) is 0 Å². The smallest absolute Gasteiger partial charge is 0.303 e. The van der Waals surface area contributed by atoms with Crippen LogP contribution < -0.4 is 10.6 Å². The number of hydrogen-bond donors (Lipinski definition) is 3. The van der Waals surface area contributed by atoms with Crippen molar-refractivity contribution in [1.82, 2.24) is 5.32 Å². The number of benzene rings is 1. The molecule has 112 valence electrons. The van der Waals surface area contributed by atoms with Crippen LogP contribution in [0.25, 0.3) is 0 Å². The van der Waals surface area contributed by atoms with Gasteiger partial charge in [0.2, 0.25) is 0 Å². The minimum Gasteiger partial charge on any atom is -0.456 e. The second-order valence-electron chi connectivity index (χ2n) is 4.44. The van der Waals surface area contributed by atoms with Crippen LogP contribution >= 0.6 is 0 Å². The summed E-state index contributed by atoms with van der Waals surface area (Å²) in [6.07, 6.45) is 0. The molecule has 0 aliphatic carbocycles. The number of rotatable bonds is 6. The van der Waals surface area contributed by atoms with E-state index in [0.29, 0.717) is 11.4 Å². The van der Waals surface area contributed by atoms with Gasteiger partial charge < -0.3 is 20.8 Å². The van der Waals surface area contributed by atoms with Gasteiger partial charge in [-0.15, -0.1) is 0 Å². The molecule has 0 atom stereocenters. The Balaban J connectivity index is 2.79. The van der Waals surface area contributed by atoms with E-state index in [4.69, 9.17) is 5.41 Å². The topological polar surface area (TPSA) is 91.3 Å². The largest absolute Gasteiger partial charge is 0.456 e. The third-order valence-electron chi connectivity index (χ3n) is 2.53. The summed E-state index contributed by atoms with van der Waals surface area (Å²) < 4.78 is 4.62. The predicted molar refractivity (Wildman–Crippen MR) is 80.9 cm³/mol. The Morgan fingerprint density at radius 3 is 2.29 bits per heavy atom. The first-order valence-electron chi connectivity index (χ1n) is 6.42. The predicted octanol–water partition coefficient (Wildman–Crippen LogP) is 2.05. The number of anilines is 1. The lowest BCUT2D eigenvalue weighted by Crippen LogP contribution is -2.32. The molecule has 1 rings (SSSR count). The van der Waals surface area contributed by atoms with Crippen LogP contribution in [0.15, 0.2) is 41.7 Å². The molecule has 3 N–H and O–H groups in total.